The van der Waals surface area contributed by atoms with Crippen molar-refractivity contribution in [3.8, 4) is 16.9 Å². The van der Waals surface area contributed by atoms with Crippen molar-refractivity contribution in [1.82, 2.24) is 10.9 Å². The summed E-state index contributed by atoms with van der Waals surface area (Å²) in [6, 6.07) is 17.4. The molecule has 0 unspecified atom stereocenters. The van der Waals surface area contributed by atoms with Gasteiger partial charge in [0.1, 0.15) is 5.75 Å². The number of benzene rings is 2. The summed E-state index contributed by atoms with van der Waals surface area (Å²) in [7, 11) is 0. The van der Waals surface area contributed by atoms with E-state index in [1.54, 1.807) is 0 Å². The van der Waals surface area contributed by atoms with Crippen LogP contribution in [0.4, 0.5) is 0 Å². The molecule has 2 amide bonds. The van der Waals surface area contributed by atoms with E-state index in [4.69, 9.17) is 4.74 Å². The summed E-state index contributed by atoms with van der Waals surface area (Å²) >= 11 is 0. The van der Waals surface area contributed by atoms with Crippen LogP contribution in [0.3, 0.4) is 0 Å². The second-order valence-electron chi connectivity index (χ2n) is 6.17. The number of para-hydroxylation sites is 1. The third kappa shape index (κ3) is 4.59. The van der Waals surface area contributed by atoms with Gasteiger partial charge in [0.15, 0.2) is 6.61 Å². The molecule has 0 heterocycles. The fourth-order valence-electron chi connectivity index (χ4n) is 3.05. The first-order chi connectivity index (χ1) is 12.2. The van der Waals surface area contributed by atoms with E-state index in [1.165, 1.54) is 0 Å². The number of carbonyl (C=O) groups excluding carboxylic acids is 2. The Morgan fingerprint density at radius 3 is 2.36 bits per heavy atom. The highest BCUT2D eigenvalue weighted by Crippen LogP contribution is 2.29. The fourth-order valence-corrected chi connectivity index (χ4v) is 3.05. The van der Waals surface area contributed by atoms with E-state index in [2.05, 4.69) is 10.9 Å². The van der Waals surface area contributed by atoms with E-state index in [1.807, 2.05) is 54.6 Å². The second-order valence-corrected chi connectivity index (χ2v) is 6.17. The lowest BCUT2D eigenvalue weighted by Crippen LogP contribution is -2.45. The molecule has 2 N–H and O–H groups in total. The standard InChI is InChI=1S/C20H22N2O3/c23-19(21-22-20(24)16-10-4-5-11-16)14-25-18-13-7-6-12-17(18)15-8-2-1-3-9-15/h1-3,6-9,12-13,16H,4-5,10-11,14H2,(H,21,23)(H,22,24). The van der Waals surface area contributed by atoms with Crippen LogP contribution in [-0.4, -0.2) is 18.4 Å². The molecule has 2 aromatic rings. The average Bonchev–Trinajstić information content (AvgIpc) is 3.20. The minimum absolute atomic E-state index is 0.0139. The van der Waals surface area contributed by atoms with Crippen molar-refractivity contribution in [2.24, 2.45) is 5.92 Å². The van der Waals surface area contributed by atoms with Gasteiger partial charge >= 0.3 is 0 Å². The Hall–Kier alpha value is -2.82. The first kappa shape index (κ1) is 17.0. The molecule has 0 saturated heterocycles. The van der Waals surface area contributed by atoms with Crippen molar-refractivity contribution in [3.63, 3.8) is 0 Å². The van der Waals surface area contributed by atoms with E-state index in [0.717, 1.165) is 36.8 Å². The Morgan fingerprint density at radius 1 is 0.920 bits per heavy atom. The monoisotopic (exact) mass is 338 g/mol. The van der Waals surface area contributed by atoms with Gasteiger partial charge in [-0.15, -0.1) is 0 Å². The van der Waals surface area contributed by atoms with Crippen LogP contribution in [0.1, 0.15) is 25.7 Å². The Bertz CT molecular complexity index is 725. The average molecular weight is 338 g/mol. The number of ether oxygens (including phenoxy) is 1. The lowest BCUT2D eigenvalue weighted by molar-refractivity contribution is -0.132. The van der Waals surface area contributed by atoms with Crippen LogP contribution in [0.25, 0.3) is 11.1 Å². The molecule has 1 aliphatic carbocycles. The predicted octanol–water partition coefficient (Wildman–Crippen LogP) is 3.07. The zero-order chi connectivity index (χ0) is 17.5. The van der Waals surface area contributed by atoms with E-state index in [9.17, 15) is 9.59 Å². The van der Waals surface area contributed by atoms with Crippen molar-refractivity contribution in [2.45, 2.75) is 25.7 Å². The molecular formula is C20H22N2O3. The van der Waals surface area contributed by atoms with Gasteiger partial charge in [-0.2, -0.15) is 0 Å². The van der Waals surface area contributed by atoms with Crippen LogP contribution in [0.15, 0.2) is 54.6 Å². The molecule has 0 bridgehead atoms. The minimum atomic E-state index is -0.380. The number of carbonyl (C=O) groups is 2. The molecule has 1 aliphatic rings. The quantitative estimate of drug-likeness (QED) is 0.823. The third-order valence-corrected chi connectivity index (χ3v) is 4.38. The van der Waals surface area contributed by atoms with Gasteiger partial charge in [0.05, 0.1) is 0 Å². The highest BCUT2D eigenvalue weighted by Gasteiger charge is 2.22. The number of hydrogen-bond donors (Lipinski definition) is 2. The zero-order valence-corrected chi connectivity index (χ0v) is 14.0. The lowest BCUT2D eigenvalue weighted by atomic mass is 10.1. The molecule has 130 valence electrons. The van der Waals surface area contributed by atoms with Gasteiger partial charge in [0, 0.05) is 11.5 Å². The van der Waals surface area contributed by atoms with E-state index in [-0.39, 0.29) is 24.3 Å². The molecule has 1 saturated carbocycles. The normalized spacial score (nSPS) is 14.1. The van der Waals surface area contributed by atoms with Crippen LogP contribution in [0.2, 0.25) is 0 Å². The molecule has 0 radical (unpaired) electrons. The van der Waals surface area contributed by atoms with Crippen LogP contribution < -0.4 is 15.6 Å². The molecule has 0 aromatic heterocycles. The largest absolute Gasteiger partial charge is 0.483 e. The molecule has 5 nitrogen and oxygen atoms in total. The molecule has 25 heavy (non-hydrogen) atoms. The Kier molecular flexibility index (Phi) is 5.67. The number of hydrazine groups is 1. The van der Waals surface area contributed by atoms with Crippen LogP contribution >= 0.6 is 0 Å². The molecule has 5 heteroatoms. The Balaban J connectivity index is 1.53. The molecule has 2 aromatic carbocycles. The van der Waals surface area contributed by atoms with Gasteiger partial charge < -0.3 is 4.74 Å². The Labute approximate surface area is 147 Å². The van der Waals surface area contributed by atoms with Gasteiger partial charge in [-0.05, 0) is 24.5 Å². The van der Waals surface area contributed by atoms with E-state index in [0.29, 0.717) is 5.75 Å². The molecule has 0 aliphatic heterocycles. The van der Waals surface area contributed by atoms with Crippen molar-refractivity contribution < 1.29 is 14.3 Å². The maximum absolute atomic E-state index is 11.9. The SMILES string of the molecule is O=C(COc1ccccc1-c1ccccc1)NNC(=O)C1CCCC1. The van der Waals surface area contributed by atoms with Gasteiger partial charge in [0.2, 0.25) is 5.91 Å². The molecular weight excluding hydrogens is 316 g/mol. The van der Waals surface area contributed by atoms with Crippen molar-refractivity contribution in [3.05, 3.63) is 54.6 Å². The van der Waals surface area contributed by atoms with Gasteiger partial charge in [-0.3, -0.25) is 20.4 Å². The van der Waals surface area contributed by atoms with Crippen LogP contribution in [-0.2, 0) is 9.59 Å². The number of amides is 2. The van der Waals surface area contributed by atoms with Crippen molar-refractivity contribution >= 4 is 11.8 Å². The molecule has 0 atom stereocenters. The first-order valence-electron chi connectivity index (χ1n) is 8.60. The molecule has 1 fully saturated rings. The number of hydrogen-bond acceptors (Lipinski definition) is 3. The highest BCUT2D eigenvalue weighted by atomic mass is 16.5. The summed E-state index contributed by atoms with van der Waals surface area (Å²) in [5.74, 6) is 0.149. The maximum Gasteiger partial charge on any atom is 0.276 e. The zero-order valence-electron chi connectivity index (χ0n) is 14.0. The third-order valence-electron chi connectivity index (χ3n) is 4.38. The summed E-state index contributed by atoms with van der Waals surface area (Å²) < 4.78 is 5.65. The van der Waals surface area contributed by atoms with E-state index >= 15 is 0 Å². The van der Waals surface area contributed by atoms with Gasteiger partial charge in [0.25, 0.3) is 5.91 Å². The van der Waals surface area contributed by atoms with Crippen molar-refractivity contribution in [2.75, 3.05) is 6.61 Å². The first-order valence-corrected chi connectivity index (χ1v) is 8.60. The molecule has 0 spiro atoms. The minimum Gasteiger partial charge on any atom is -0.483 e. The second kappa shape index (κ2) is 8.33. The topological polar surface area (TPSA) is 67.4 Å². The molecule has 3 rings (SSSR count). The Morgan fingerprint density at radius 2 is 1.60 bits per heavy atom. The summed E-state index contributed by atoms with van der Waals surface area (Å²) in [5, 5.41) is 0. The number of rotatable bonds is 5. The van der Waals surface area contributed by atoms with Gasteiger partial charge in [-0.25, -0.2) is 0 Å². The smallest absolute Gasteiger partial charge is 0.276 e. The van der Waals surface area contributed by atoms with E-state index < -0.39 is 0 Å². The highest BCUT2D eigenvalue weighted by molar-refractivity contribution is 5.84. The maximum atomic E-state index is 11.9. The summed E-state index contributed by atoms with van der Waals surface area (Å²) in [4.78, 5) is 23.8. The summed E-state index contributed by atoms with van der Waals surface area (Å²) in [5.41, 5.74) is 6.86. The van der Waals surface area contributed by atoms with Crippen LogP contribution in [0, 0.1) is 5.92 Å². The van der Waals surface area contributed by atoms with Crippen LogP contribution in [0.5, 0.6) is 5.75 Å². The predicted molar refractivity (Wildman–Crippen MR) is 95.6 cm³/mol. The summed E-state index contributed by atoms with van der Waals surface area (Å²) in [6.45, 7) is -0.158. The lowest BCUT2D eigenvalue weighted by Gasteiger charge is -2.13. The summed E-state index contributed by atoms with van der Waals surface area (Å²) in [6.07, 6.45) is 3.93. The van der Waals surface area contributed by atoms with Crippen molar-refractivity contribution in [1.29, 1.82) is 0 Å². The number of nitrogens with one attached hydrogen (secondary N) is 2. The fraction of sp³-hybridized carbons (Fsp3) is 0.300. The van der Waals surface area contributed by atoms with Gasteiger partial charge in [-0.1, -0.05) is 61.4 Å².